The Morgan fingerprint density at radius 1 is 1.64 bits per heavy atom. The molecule has 0 radical (unpaired) electrons. The van der Waals surface area contributed by atoms with Gasteiger partial charge in [-0.25, -0.2) is 0 Å². The summed E-state index contributed by atoms with van der Waals surface area (Å²) in [6, 6.07) is 0. The molecule has 1 aliphatic carbocycles. The van der Waals surface area contributed by atoms with Crippen LogP contribution in [0.15, 0.2) is 0 Å². The third-order valence-electron chi connectivity index (χ3n) is 2.38. The monoisotopic (exact) mass is 159 g/mol. The molecule has 0 bridgehead atoms. The van der Waals surface area contributed by atoms with Crippen molar-refractivity contribution >= 4 is 0 Å². The molecule has 1 rings (SSSR count). The van der Waals surface area contributed by atoms with Gasteiger partial charge in [0.25, 0.3) is 0 Å². The second-order valence-electron chi connectivity index (χ2n) is 3.73. The number of hydrogen-bond donors (Lipinski definition) is 3. The maximum absolute atomic E-state index is 9.74. The molecular formula is C8H17NO2. The van der Waals surface area contributed by atoms with E-state index in [1.165, 1.54) is 0 Å². The molecule has 4 N–H and O–H groups in total. The Kier molecular flexibility index (Phi) is 2.52. The Morgan fingerprint density at radius 3 is 2.55 bits per heavy atom. The summed E-state index contributed by atoms with van der Waals surface area (Å²) >= 11 is 0. The highest BCUT2D eigenvalue weighted by atomic mass is 16.3. The van der Waals surface area contributed by atoms with Crippen molar-refractivity contribution in [3.05, 3.63) is 0 Å². The molecule has 0 amide bonds. The molecule has 3 nitrogen and oxygen atoms in total. The van der Waals surface area contributed by atoms with Gasteiger partial charge in [0.1, 0.15) is 0 Å². The zero-order valence-corrected chi connectivity index (χ0v) is 6.95. The maximum Gasteiger partial charge on any atom is 0.0689 e. The summed E-state index contributed by atoms with van der Waals surface area (Å²) in [5, 5.41) is 18.9. The van der Waals surface area contributed by atoms with Crippen LogP contribution in [-0.2, 0) is 0 Å². The summed E-state index contributed by atoms with van der Waals surface area (Å²) in [5.74, 6) is 0.392. The highest BCUT2D eigenvalue weighted by Gasteiger charge is 2.40. The van der Waals surface area contributed by atoms with Crippen molar-refractivity contribution in [2.75, 3.05) is 6.54 Å². The fourth-order valence-electron chi connectivity index (χ4n) is 1.43. The van der Waals surface area contributed by atoms with Gasteiger partial charge in [-0.2, -0.15) is 0 Å². The summed E-state index contributed by atoms with van der Waals surface area (Å²) in [6.45, 7) is 2.02. The largest absolute Gasteiger partial charge is 0.392 e. The minimum atomic E-state index is -0.696. The summed E-state index contributed by atoms with van der Waals surface area (Å²) in [6.07, 6.45) is 2.04. The minimum Gasteiger partial charge on any atom is -0.392 e. The quantitative estimate of drug-likeness (QED) is 0.534. The van der Waals surface area contributed by atoms with Crippen LogP contribution < -0.4 is 5.73 Å². The van der Waals surface area contributed by atoms with E-state index in [2.05, 4.69) is 0 Å². The molecule has 0 aromatic heterocycles. The van der Waals surface area contributed by atoms with Crippen LogP contribution in [0.1, 0.15) is 26.2 Å². The van der Waals surface area contributed by atoms with Crippen molar-refractivity contribution in [1.82, 2.24) is 0 Å². The highest BCUT2D eigenvalue weighted by Crippen LogP contribution is 2.41. The van der Waals surface area contributed by atoms with Crippen LogP contribution in [0.4, 0.5) is 0 Å². The van der Waals surface area contributed by atoms with Gasteiger partial charge < -0.3 is 15.9 Å². The van der Waals surface area contributed by atoms with Crippen LogP contribution in [-0.4, -0.2) is 28.5 Å². The first-order valence-electron chi connectivity index (χ1n) is 4.17. The molecule has 0 spiro atoms. The normalized spacial score (nSPS) is 26.2. The van der Waals surface area contributed by atoms with Gasteiger partial charge in [-0.3, -0.25) is 0 Å². The fourth-order valence-corrected chi connectivity index (χ4v) is 1.43. The molecule has 0 aromatic carbocycles. The van der Waals surface area contributed by atoms with Crippen molar-refractivity contribution in [3.63, 3.8) is 0 Å². The van der Waals surface area contributed by atoms with Gasteiger partial charge in [0.2, 0.25) is 0 Å². The molecule has 3 heteroatoms. The van der Waals surface area contributed by atoms with Crippen molar-refractivity contribution in [3.8, 4) is 0 Å². The molecule has 66 valence electrons. The SMILES string of the molecule is C[C@](O)(C[C@H](O)CN)C1CC1. The highest BCUT2D eigenvalue weighted by molar-refractivity contribution is 4.92. The number of nitrogens with two attached hydrogens (primary N) is 1. The first-order chi connectivity index (χ1) is 5.06. The molecule has 0 aromatic rings. The van der Waals surface area contributed by atoms with E-state index in [1.807, 2.05) is 0 Å². The van der Waals surface area contributed by atoms with Gasteiger partial charge in [-0.1, -0.05) is 0 Å². The lowest BCUT2D eigenvalue weighted by molar-refractivity contribution is -0.0109. The van der Waals surface area contributed by atoms with Crippen LogP contribution in [0.5, 0.6) is 0 Å². The predicted octanol–water partition coefficient (Wildman–Crippen LogP) is -0.143. The summed E-state index contributed by atoms with van der Waals surface area (Å²) < 4.78 is 0. The summed E-state index contributed by atoms with van der Waals surface area (Å²) in [5.41, 5.74) is 4.54. The smallest absolute Gasteiger partial charge is 0.0689 e. The fraction of sp³-hybridized carbons (Fsp3) is 1.00. The van der Waals surface area contributed by atoms with Crippen LogP contribution in [0.2, 0.25) is 0 Å². The number of aliphatic hydroxyl groups is 2. The van der Waals surface area contributed by atoms with Gasteiger partial charge in [0, 0.05) is 13.0 Å². The molecular weight excluding hydrogens is 142 g/mol. The molecule has 1 saturated carbocycles. The Morgan fingerprint density at radius 2 is 2.18 bits per heavy atom. The predicted molar refractivity (Wildman–Crippen MR) is 43.0 cm³/mol. The second kappa shape index (κ2) is 3.09. The lowest BCUT2D eigenvalue weighted by atomic mass is 9.93. The Hall–Kier alpha value is -0.120. The van der Waals surface area contributed by atoms with Crippen LogP contribution in [0.25, 0.3) is 0 Å². The third kappa shape index (κ3) is 2.43. The van der Waals surface area contributed by atoms with Crippen LogP contribution in [0, 0.1) is 5.92 Å². The minimum absolute atomic E-state index is 0.239. The third-order valence-corrected chi connectivity index (χ3v) is 2.38. The van der Waals surface area contributed by atoms with Gasteiger partial charge in [0.05, 0.1) is 11.7 Å². The van der Waals surface area contributed by atoms with E-state index in [1.54, 1.807) is 6.92 Å². The molecule has 1 fully saturated rings. The Labute approximate surface area is 67.2 Å². The maximum atomic E-state index is 9.74. The average molecular weight is 159 g/mol. The van der Waals surface area contributed by atoms with Gasteiger partial charge in [-0.05, 0) is 25.7 Å². The zero-order valence-electron chi connectivity index (χ0n) is 6.95. The first kappa shape index (κ1) is 8.97. The van der Waals surface area contributed by atoms with Crippen LogP contribution in [0.3, 0.4) is 0 Å². The number of aliphatic hydroxyl groups excluding tert-OH is 1. The van der Waals surface area contributed by atoms with Crippen LogP contribution >= 0.6 is 0 Å². The molecule has 0 unspecified atom stereocenters. The molecule has 0 heterocycles. The van der Waals surface area contributed by atoms with Gasteiger partial charge >= 0.3 is 0 Å². The number of hydrogen-bond acceptors (Lipinski definition) is 3. The van der Waals surface area contributed by atoms with Crippen molar-refractivity contribution < 1.29 is 10.2 Å². The number of rotatable bonds is 4. The van der Waals surface area contributed by atoms with E-state index in [4.69, 9.17) is 5.73 Å². The lowest BCUT2D eigenvalue weighted by Crippen LogP contribution is -2.35. The standard InChI is InChI=1S/C8H17NO2/c1-8(11,6-2-3-6)4-7(10)5-9/h6-7,10-11H,2-5,9H2,1H3/t7-,8-/m0/s1. The van der Waals surface area contributed by atoms with Crippen molar-refractivity contribution in [2.45, 2.75) is 37.9 Å². The van der Waals surface area contributed by atoms with E-state index < -0.39 is 11.7 Å². The van der Waals surface area contributed by atoms with E-state index in [-0.39, 0.29) is 6.54 Å². The zero-order chi connectivity index (χ0) is 8.48. The van der Waals surface area contributed by atoms with E-state index in [0.717, 1.165) is 12.8 Å². The van der Waals surface area contributed by atoms with E-state index in [0.29, 0.717) is 12.3 Å². The molecule has 2 atom stereocenters. The van der Waals surface area contributed by atoms with Crippen molar-refractivity contribution in [2.24, 2.45) is 11.7 Å². The van der Waals surface area contributed by atoms with E-state index in [9.17, 15) is 10.2 Å². The Balaban J connectivity index is 2.32. The lowest BCUT2D eigenvalue weighted by Gasteiger charge is -2.25. The van der Waals surface area contributed by atoms with Gasteiger partial charge in [-0.15, -0.1) is 0 Å². The topological polar surface area (TPSA) is 66.5 Å². The first-order valence-corrected chi connectivity index (χ1v) is 4.17. The molecule has 0 saturated heterocycles. The molecule has 11 heavy (non-hydrogen) atoms. The van der Waals surface area contributed by atoms with E-state index >= 15 is 0 Å². The summed E-state index contributed by atoms with van der Waals surface area (Å²) in [7, 11) is 0. The molecule has 0 aliphatic heterocycles. The van der Waals surface area contributed by atoms with Gasteiger partial charge in [0.15, 0.2) is 0 Å². The molecule has 1 aliphatic rings. The Bertz CT molecular complexity index is 132. The average Bonchev–Trinajstić information content (AvgIpc) is 2.66. The second-order valence-corrected chi connectivity index (χ2v) is 3.73. The summed E-state index contributed by atoms with van der Waals surface area (Å²) in [4.78, 5) is 0. The van der Waals surface area contributed by atoms with Crippen molar-refractivity contribution in [1.29, 1.82) is 0 Å².